The highest BCUT2D eigenvalue weighted by Gasteiger charge is 2.49. The van der Waals surface area contributed by atoms with E-state index in [0.717, 1.165) is 25.8 Å². The fourth-order valence-electron chi connectivity index (χ4n) is 3.46. The van der Waals surface area contributed by atoms with Crippen LogP contribution in [0.25, 0.3) is 0 Å². The summed E-state index contributed by atoms with van der Waals surface area (Å²) in [5, 5.41) is 2.89. The number of halogens is 2. The summed E-state index contributed by atoms with van der Waals surface area (Å²) in [4.78, 5) is 0. The van der Waals surface area contributed by atoms with Crippen molar-refractivity contribution in [1.29, 1.82) is 0 Å². The Morgan fingerprint density at radius 1 is 1.17 bits per heavy atom. The molecule has 3 nitrogen and oxygen atoms in total. The molecule has 1 aliphatic heterocycles. The van der Waals surface area contributed by atoms with E-state index in [1.807, 2.05) is 0 Å². The van der Waals surface area contributed by atoms with E-state index in [-0.39, 0.29) is 17.6 Å². The standard InChI is InChI=1S/C13H25ClFN3/c14-9-7-11(16)13(8-10(9)15)5-3-1-2-4-6-18-12(13)17/h9-12,18H,1-8,16-17H2. The zero-order valence-corrected chi connectivity index (χ0v) is 11.6. The summed E-state index contributed by atoms with van der Waals surface area (Å²) in [6, 6.07) is -0.104. The van der Waals surface area contributed by atoms with Gasteiger partial charge >= 0.3 is 0 Å². The molecule has 0 amide bonds. The summed E-state index contributed by atoms with van der Waals surface area (Å²) in [5.74, 6) is 0. The first-order chi connectivity index (χ1) is 8.56. The zero-order valence-electron chi connectivity index (χ0n) is 10.9. The summed E-state index contributed by atoms with van der Waals surface area (Å²) in [6.45, 7) is 0.900. The normalized spacial score (nSPS) is 47.3. The maximum Gasteiger partial charge on any atom is 0.117 e. The molecule has 1 heterocycles. The molecule has 18 heavy (non-hydrogen) atoms. The van der Waals surface area contributed by atoms with Crippen molar-refractivity contribution in [2.45, 2.75) is 68.7 Å². The Bertz CT molecular complexity index is 279. The minimum Gasteiger partial charge on any atom is -0.327 e. The monoisotopic (exact) mass is 277 g/mol. The van der Waals surface area contributed by atoms with Crippen molar-refractivity contribution in [3.8, 4) is 0 Å². The van der Waals surface area contributed by atoms with E-state index in [4.69, 9.17) is 23.1 Å². The predicted octanol–water partition coefficient (Wildman–Crippen LogP) is 1.88. The molecule has 2 fully saturated rings. The van der Waals surface area contributed by atoms with Gasteiger partial charge in [-0.25, -0.2) is 4.39 Å². The van der Waals surface area contributed by atoms with Gasteiger partial charge in [0.15, 0.2) is 0 Å². The maximum atomic E-state index is 14.0. The van der Waals surface area contributed by atoms with Crippen molar-refractivity contribution >= 4 is 11.6 Å². The van der Waals surface area contributed by atoms with E-state index in [9.17, 15) is 4.39 Å². The average molecular weight is 278 g/mol. The van der Waals surface area contributed by atoms with Crippen LogP contribution in [0.15, 0.2) is 0 Å². The molecule has 1 saturated heterocycles. The third-order valence-corrected chi connectivity index (χ3v) is 5.19. The second-order valence-electron chi connectivity index (χ2n) is 5.91. The molecular weight excluding hydrogens is 253 g/mol. The molecule has 5 atom stereocenters. The Balaban J connectivity index is 2.17. The van der Waals surface area contributed by atoms with Crippen molar-refractivity contribution in [1.82, 2.24) is 5.32 Å². The first-order valence-corrected chi connectivity index (χ1v) is 7.52. The largest absolute Gasteiger partial charge is 0.327 e. The van der Waals surface area contributed by atoms with Crippen molar-refractivity contribution in [3.05, 3.63) is 0 Å². The smallest absolute Gasteiger partial charge is 0.117 e. The van der Waals surface area contributed by atoms with Crippen molar-refractivity contribution in [2.75, 3.05) is 6.54 Å². The topological polar surface area (TPSA) is 64.1 Å². The number of rotatable bonds is 0. The van der Waals surface area contributed by atoms with Crippen LogP contribution in [0.3, 0.4) is 0 Å². The Labute approximate surface area is 114 Å². The van der Waals surface area contributed by atoms with E-state index in [1.165, 1.54) is 12.8 Å². The molecule has 1 saturated carbocycles. The molecular formula is C13H25ClFN3. The molecule has 2 aliphatic rings. The van der Waals surface area contributed by atoms with Crippen LogP contribution in [-0.2, 0) is 0 Å². The van der Waals surface area contributed by atoms with E-state index >= 15 is 0 Å². The lowest BCUT2D eigenvalue weighted by molar-refractivity contribution is 0.0401. The Kier molecular flexibility index (Phi) is 4.86. The van der Waals surface area contributed by atoms with Crippen LogP contribution in [0, 0.1) is 5.41 Å². The fraction of sp³-hybridized carbons (Fsp3) is 1.00. The van der Waals surface area contributed by atoms with Crippen molar-refractivity contribution in [3.63, 3.8) is 0 Å². The van der Waals surface area contributed by atoms with Gasteiger partial charge in [0, 0.05) is 11.5 Å². The van der Waals surface area contributed by atoms with Crippen LogP contribution in [-0.4, -0.2) is 30.3 Å². The summed E-state index contributed by atoms with van der Waals surface area (Å²) in [5.41, 5.74) is 12.2. The molecule has 5 N–H and O–H groups in total. The lowest BCUT2D eigenvalue weighted by Gasteiger charge is -2.49. The van der Waals surface area contributed by atoms with Gasteiger partial charge in [0.05, 0.1) is 11.5 Å². The molecule has 5 heteroatoms. The van der Waals surface area contributed by atoms with Gasteiger partial charge in [0.1, 0.15) is 6.17 Å². The second-order valence-corrected chi connectivity index (χ2v) is 6.47. The number of hydrogen-bond acceptors (Lipinski definition) is 3. The summed E-state index contributed by atoms with van der Waals surface area (Å²) in [6.07, 6.45) is 5.25. The van der Waals surface area contributed by atoms with Crippen LogP contribution in [0.4, 0.5) is 4.39 Å². The summed E-state index contributed by atoms with van der Waals surface area (Å²) in [7, 11) is 0. The van der Waals surface area contributed by atoms with Gasteiger partial charge in [-0.2, -0.15) is 0 Å². The van der Waals surface area contributed by atoms with Crippen LogP contribution >= 0.6 is 11.6 Å². The molecule has 0 aromatic carbocycles. The summed E-state index contributed by atoms with van der Waals surface area (Å²) < 4.78 is 14.0. The third-order valence-electron chi connectivity index (χ3n) is 4.74. The predicted molar refractivity (Wildman–Crippen MR) is 73.2 cm³/mol. The minimum absolute atomic E-state index is 0.104. The average Bonchev–Trinajstić information content (AvgIpc) is 2.41. The van der Waals surface area contributed by atoms with E-state index < -0.39 is 11.5 Å². The molecule has 0 bridgehead atoms. The molecule has 5 unspecified atom stereocenters. The van der Waals surface area contributed by atoms with Crippen LogP contribution < -0.4 is 16.8 Å². The number of nitrogens with one attached hydrogen (secondary N) is 1. The molecule has 1 aliphatic carbocycles. The van der Waals surface area contributed by atoms with Crippen molar-refractivity contribution in [2.24, 2.45) is 16.9 Å². The second kappa shape index (κ2) is 6.04. The Hall–Kier alpha value is 0.1000. The Morgan fingerprint density at radius 2 is 1.89 bits per heavy atom. The van der Waals surface area contributed by atoms with E-state index in [2.05, 4.69) is 5.32 Å². The van der Waals surface area contributed by atoms with Crippen molar-refractivity contribution < 1.29 is 4.39 Å². The first-order valence-electron chi connectivity index (χ1n) is 7.09. The van der Waals surface area contributed by atoms with Gasteiger partial charge in [-0.05, 0) is 32.2 Å². The van der Waals surface area contributed by atoms with Gasteiger partial charge in [-0.15, -0.1) is 11.6 Å². The van der Waals surface area contributed by atoms with Crippen LogP contribution in [0.2, 0.25) is 0 Å². The fourth-order valence-corrected chi connectivity index (χ4v) is 3.74. The minimum atomic E-state index is -0.986. The maximum absolute atomic E-state index is 14.0. The lowest BCUT2D eigenvalue weighted by Crippen LogP contribution is -2.63. The lowest BCUT2D eigenvalue weighted by atomic mass is 9.65. The van der Waals surface area contributed by atoms with Crippen LogP contribution in [0.5, 0.6) is 0 Å². The van der Waals surface area contributed by atoms with Gasteiger partial charge in [-0.1, -0.05) is 19.3 Å². The summed E-state index contributed by atoms with van der Waals surface area (Å²) >= 11 is 6.00. The number of alkyl halides is 2. The SMILES string of the molecule is NC1CC(Cl)C(F)CC12CCCCCCNC2N. The highest BCUT2D eigenvalue weighted by molar-refractivity contribution is 6.21. The Morgan fingerprint density at radius 3 is 2.67 bits per heavy atom. The van der Waals surface area contributed by atoms with Gasteiger partial charge < -0.3 is 16.8 Å². The first kappa shape index (κ1) is 14.5. The third kappa shape index (κ3) is 2.82. The van der Waals surface area contributed by atoms with Crippen LogP contribution in [0.1, 0.15) is 44.9 Å². The molecule has 1 spiro atoms. The zero-order chi connectivity index (χ0) is 13.2. The highest BCUT2D eigenvalue weighted by atomic mass is 35.5. The quantitative estimate of drug-likeness (QED) is 0.593. The number of hydrogen-bond donors (Lipinski definition) is 3. The van der Waals surface area contributed by atoms with Gasteiger partial charge in [0.2, 0.25) is 0 Å². The highest BCUT2D eigenvalue weighted by Crippen LogP contribution is 2.44. The molecule has 106 valence electrons. The molecule has 0 aromatic heterocycles. The van der Waals surface area contributed by atoms with Gasteiger partial charge in [0.25, 0.3) is 0 Å². The van der Waals surface area contributed by atoms with Gasteiger partial charge in [-0.3, -0.25) is 0 Å². The van der Waals surface area contributed by atoms with E-state index in [1.54, 1.807) is 0 Å². The molecule has 2 rings (SSSR count). The number of nitrogens with two attached hydrogens (primary N) is 2. The van der Waals surface area contributed by atoms with E-state index in [0.29, 0.717) is 12.8 Å². The molecule has 0 radical (unpaired) electrons. The molecule has 0 aromatic rings.